The van der Waals surface area contributed by atoms with Gasteiger partial charge >= 0.3 is 0 Å². The molecule has 5 nitrogen and oxygen atoms in total. The lowest BCUT2D eigenvalue weighted by molar-refractivity contribution is -0.114. The Labute approximate surface area is 140 Å². The third-order valence-electron chi connectivity index (χ3n) is 3.22. The van der Waals surface area contributed by atoms with Gasteiger partial charge in [0.05, 0.1) is 5.69 Å². The molecule has 0 spiro atoms. The lowest BCUT2D eigenvalue weighted by Gasteiger charge is -2.07. The SMILES string of the molecule is CC(=O)Nc1c(C(=O)Nc2ccccc2Br)oc2ccccc12. The van der Waals surface area contributed by atoms with Gasteiger partial charge < -0.3 is 15.1 Å². The highest BCUT2D eigenvalue weighted by molar-refractivity contribution is 9.10. The molecule has 3 rings (SSSR count). The molecule has 23 heavy (non-hydrogen) atoms. The van der Waals surface area contributed by atoms with Crippen LogP contribution in [-0.2, 0) is 4.79 Å². The number of halogens is 1. The van der Waals surface area contributed by atoms with Crippen molar-refractivity contribution in [3.63, 3.8) is 0 Å². The van der Waals surface area contributed by atoms with E-state index < -0.39 is 5.91 Å². The van der Waals surface area contributed by atoms with E-state index in [1.807, 2.05) is 24.3 Å². The molecule has 1 heterocycles. The lowest BCUT2D eigenvalue weighted by atomic mass is 10.2. The fourth-order valence-corrected chi connectivity index (χ4v) is 2.63. The van der Waals surface area contributed by atoms with E-state index in [0.29, 0.717) is 22.3 Å². The molecule has 1 aromatic heterocycles. The number of fused-ring (bicyclic) bond motifs is 1. The van der Waals surface area contributed by atoms with Crippen LogP contribution in [0.5, 0.6) is 0 Å². The summed E-state index contributed by atoms with van der Waals surface area (Å²) in [6.07, 6.45) is 0. The van der Waals surface area contributed by atoms with Crippen LogP contribution >= 0.6 is 15.9 Å². The van der Waals surface area contributed by atoms with Gasteiger partial charge in [-0.3, -0.25) is 9.59 Å². The summed E-state index contributed by atoms with van der Waals surface area (Å²) in [7, 11) is 0. The Morgan fingerprint density at radius 2 is 1.70 bits per heavy atom. The number of benzene rings is 2. The standard InChI is InChI=1S/C17H13BrN2O3/c1-10(21)19-15-11-6-2-5-9-14(11)23-16(15)17(22)20-13-8-4-3-7-12(13)18/h2-9H,1H3,(H,19,21)(H,20,22). The van der Waals surface area contributed by atoms with Gasteiger partial charge in [-0.15, -0.1) is 0 Å². The Morgan fingerprint density at radius 1 is 1.00 bits per heavy atom. The molecule has 116 valence electrons. The van der Waals surface area contributed by atoms with E-state index in [9.17, 15) is 9.59 Å². The minimum absolute atomic E-state index is 0.0668. The monoisotopic (exact) mass is 372 g/mol. The van der Waals surface area contributed by atoms with Gasteiger partial charge in [-0.1, -0.05) is 24.3 Å². The minimum atomic E-state index is -0.433. The van der Waals surface area contributed by atoms with Crippen molar-refractivity contribution >= 4 is 50.1 Å². The van der Waals surface area contributed by atoms with Crippen molar-refractivity contribution in [1.82, 2.24) is 0 Å². The summed E-state index contributed by atoms with van der Waals surface area (Å²) in [6.45, 7) is 1.39. The number of carbonyl (C=O) groups is 2. The first-order chi connectivity index (χ1) is 11.1. The number of furan rings is 1. The molecular weight excluding hydrogens is 360 g/mol. The number of hydrogen-bond donors (Lipinski definition) is 2. The molecule has 6 heteroatoms. The van der Waals surface area contributed by atoms with Gasteiger partial charge in [-0.25, -0.2) is 0 Å². The summed E-state index contributed by atoms with van der Waals surface area (Å²) in [5.74, 6) is -0.638. The number of rotatable bonds is 3. The minimum Gasteiger partial charge on any atom is -0.449 e. The summed E-state index contributed by atoms with van der Waals surface area (Å²) in [5, 5.41) is 6.12. The maximum Gasteiger partial charge on any atom is 0.293 e. The zero-order chi connectivity index (χ0) is 16.4. The summed E-state index contributed by atoms with van der Waals surface area (Å²) in [4.78, 5) is 24.0. The number of anilines is 2. The molecule has 0 fully saturated rings. The Morgan fingerprint density at radius 3 is 2.43 bits per heavy atom. The average molecular weight is 373 g/mol. The fourth-order valence-electron chi connectivity index (χ4n) is 2.25. The highest BCUT2D eigenvalue weighted by Gasteiger charge is 2.21. The fraction of sp³-hybridized carbons (Fsp3) is 0.0588. The van der Waals surface area contributed by atoms with E-state index in [2.05, 4.69) is 26.6 Å². The van der Waals surface area contributed by atoms with Crippen LogP contribution in [0.25, 0.3) is 11.0 Å². The number of hydrogen-bond acceptors (Lipinski definition) is 3. The second-order valence-corrected chi connectivity index (χ2v) is 5.77. The molecule has 0 saturated carbocycles. The second-order valence-electron chi connectivity index (χ2n) is 4.92. The molecule has 0 saturated heterocycles. The maximum absolute atomic E-state index is 12.6. The molecule has 0 radical (unpaired) electrons. The van der Waals surface area contributed by atoms with Crippen LogP contribution in [0.4, 0.5) is 11.4 Å². The van der Waals surface area contributed by atoms with Gasteiger partial charge in [0, 0.05) is 16.8 Å². The molecule has 2 aromatic carbocycles. The third kappa shape index (κ3) is 3.12. The Hall–Kier alpha value is -2.60. The van der Waals surface area contributed by atoms with Crippen LogP contribution < -0.4 is 10.6 Å². The highest BCUT2D eigenvalue weighted by Crippen LogP contribution is 2.32. The molecule has 0 aliphatic rings. The van der Waals surface area contributed by atoms with Gasteiger partial charge in [-0.05, 0) is 40.2 Å². The van der Waals surface area contributed by atoms with E-state index in [-0.39, 0.29) is 11.7 Å². The second kappa shape index (κ2) is 6.26. The van der Waals surface area contributed by atoms with E-state index in [1.165, 1.54) is 6.92 Å². The predicted octanol–water partition coefficient (Wildman–Crippen LogP) is 4.41. The smallest absolute Gasteiger partial charge is 0.293 e. The van der Waals surface area contributed by atoms with Crippen molar-refractivity contribution in [3.8, 4) is 0 Å². The van der Waals surface area contributed by atoms with E-state index in [4.69, 9.17) is 4.42 Å². The zero-order valence-electron chi connectivity index (χ0n) is 12.2. The lowest BCUT2D eigenvalue weighted by Crippen LogP contribution is -2.15. The van der Waals surface area contributed by atoms with Crippen LogP contribution in [0.15, 0.2) is 57.4 Å². The quantitative estimate of drug-likeness (QED) is 0.715. The predicted molar refractivity (Wildman–Crippen MR) is 92.6 cm³/mol. The molecule has 0 bridgehead atoms. The van der Waals surface area contributed by atoms with Crippen molar-refractivity contribution < 1.29 is 14.0 Å². The maximum atomic E-state index is 12.6. The molecule has 2 N–H and O–H groups in total. The molecule has 0 aliphatic heterocycles. The van der Waals surface area contributed by atoms with E-state index in [0.717, 1.165) is 4.47 Å². The van der Waals surface area contributed by atoms with Crippen LogP contribution in [0, 0.1) is 0 Å². The zero-order valence-corrected chi connectivity index (χ0v) is 13.8. The molecule has 0 atom stereocenters. The van der Waals surface area contributed by atoms with Crippen molar-refractivity contribution in [1.29, 1.82) is 0 Å². The Balaban J connectivity index is 2.03. The van der Waals surface area contributed by atoms with Crippen molar-refractivity contribution in [2.45, 2.75) is 6.92 Å². The van der Waals surface area contributed by atoms with E-state index >= 15 is 0 Å². The van der Waals surface area contributed by atoms with Crippen LogP contribution in [0.1, 0.15) is 17.5 Å². The Kier molecular flexibility index (Phi) is 4.16. The molecular formula is C17H13BrN2O3. The summed E-state index contributed by atoms with van der Waals surface area (Å²) < 4.78 is 6.39. The highest BCUT2D eigenvalue weighted by atomic mass is 79.9. The number of carbonyl (C=O) groups excluding carboxylic acids is 2. The molecule has 3 aromatic rings. The number of nitrogens with one attached hydrogen (secondary N) is 2. The van der Waals surface area contributed by atoms with Gasteiger partial charge in [-0.2, -0.15) is 0 Å². The molecule has 0 aliphatic carbocycles. The molecule has 0 unspecified atom stereocenters. The first kappa shape index (κ1) is 15.3. The number of amides is 2. The van der Waals surface area contributed by atoms with Gasteiger partial charge in [0.1, 0.15) is 11.3 Å². The van der Waals surface area contributed by atoms with Gasteiger partial charge in [0.15, 0.2) is 0 Å². The summed E-state index contributed by atoms with van der Waals surface area (Å²) in [6, 6.07) is 14.4. The van der Waals surface area contributed by atoms with Crippen LogP contribution in [0.3, 0.4) is 0 Å². The Bertz CT molecular complexity index is 902. The van der Waals surface area contributed by atoms with E-state index in [1.54, 1.807) is 24.3 Å². The number of para-hydroxylation sites is 2. The first-order valence-corrected chi connectivity index (χ1v) is 7.70. The van der Waals surface area contributed by atoms with Gasteiger partial charge in [0.25, 0.3) is 5.91 Å². The largest absolute Gasteiger partial charge is 0.449 e. The average Bonchev–Trinajstić information content (AvgIpc) is 2.88. The van der Waals surface area contributed by atoms with Gasteiger partial charge in [0.2, 0.25) is 11.7 Å². The van der Waals surface area contributed by atoms with Crippen LogP contribution in [-0.4, -0.2) is 11.8 Å². The first-order valence-electron chi connectivity index (χ1n) is 6.91. The summed E-state index contributed by atoms with van der Waals surface area (Å²) in [5.41, 5.74) is 1.53. The summed E-state index contributed by atoms with van der Waals surface area (Å²) >= 11 is 3.38. The third-order valence-corrected chi connectivity index (χ3v) is 3.92. The van der Waals surface area contributed by atoms with Crippen molar-refractivity contribution in [3.05, 3.63) is 58.8 Å². The van der Waals surface area contributed by atoms with Crippen LogP contribution in [0.2, 0.25) is 0 Å². The van der Waals surface area contributed by atoms with Crippen molar-refractivity contribution in [2.24, 2.45) is 0 Å². The van der Waals surface area contributed by atoms with Crippen molar-refractivity contribution in [2.75, 3.05) is 10.6 Å². The topological polar surface area (TPSA) is 71.3 Å². The normalized spacial score (nSPS) is 10.5. The molecule has 2 amide bonds.